The molecule has 1 aromatic carbocycles. The lowest BCUT2D eigenvalue weighted by molar-refractivity contribution is -0.142. The van der Waals surface area contributed by atoms with Crippen LogP contribution in [-0.4, -0.2) is 42.5 Å². The first kappa shape index (κ1) is 17.7. The lowest BCUT2D eigenvalue weighted by Crippen LogP contribution is -2.39. The van der Waals surface area contributed by atoms with Crippen LogP contribution in [0.15, 0.2) is 18.2 Å². The molecule has 0 bridgehead atoms. The molecule has 7 nitrogen and oxygen atoms in total. The smallest absolute Gasteiger partial charge is 0.335 e. The molecule has 22 heavy (non-hydrogen) atoms. The molecule has 8 heteroatoms. The first-order chi connectivity index (χ1) is 10.3. The number of rotatable bonds is 8. The summed E-state index contributed by atoms with van der Waals surface area (Å²) in [6.07, 6.45) is -0.236. The van der Waals surface area contributed by atoms with Gasteiger partial charge in [-0.25, -0.2) is 9.18 Å². The highest BCUT2D eigenvalue weighted by atomic mass is 19.1. The number of carbonyl (C=O) groups excluding carboxylic acids is 2. The number of hydrogen-bond acceptors (Lipinski definition) is 6. The summed E-state index contributed by atoms with van der Waals surface area (Å²) < 4.78 is 17.9. The van der Waals surface area contributed by atoms with E-state index in [2.05, 4.69) is 10.1 Å². The zero-order valence-corrected chi connectivity index (χ0v) is 12.0. The molecule has 120 valence electrons. The van der Waals surface area contributed by atoms with Crippen molar-refractivity contribution in [3.05, 3.63) is 35.1 Å². The van der Waals surface area contributed by atoms with E-state index in [4.69, 9.17) is 10.8 Å². The van der Waals surface area contributed by atoms with Gasteiger partial charge in [0.2, 0.25) is 0 Å². The Morgan fingerprint density at radius 1 is 1.41 bits per heavy atom. The lowest BCUT2D eigenvalue weighted by atomic mass is 10.1. The van der Waals surface area contributed by atoms with Gasteiger partial charge in [0, 0.05) is 12.1 Å². The number of nitrogens with one attached hydrogen (secondary N) is 1. The van der Waals surface area contributed by atoms with E-state index in [1.165, 1.54) is 13.2 Å². The molecular weight excluding hydrogens is 295 g/mol. The quantitative estimate of drug-likeness (QED) is 0.581. The molecule has 1 unspecified atom stereocenters. The number of esters is 1. The van der Waals surface area contributed by atoms with Gasteiger partial charge < -0.3 is 20.9 Å². The van der Waals surface area contributed by atoms with Crippen molar-refractivity contribution < 1.29 is 28.6 Å². The van der Waals surface area contributed by atoms with Gasteiger partial charge in [0.05, 0.1) is 31.7 Å². The third-order valence-electron chi connectivity index (χ3n) is 2.94. The summed E-state index contributed by atoms with van der Waals surface area (Å²) in [5, 5.41) is 11.5. The molecule has 0 aliphatic heterocycles. The number of ketones is 1. The minimum atomic E-state index is -1.17. The number of aromatic carboxylic acids is 1. The Bertz CT molecular complexity index is 576. The number of halogens is 1. The van der Waals surface area contributed by atoms with Gasteiger partial charge >= 0.3 is 11.9 Å². The van der Waals surface area contributed by atoms with E-state index in [0.717, 1.165) is 12.1 Å². The van der Waals surface area contributed by atoms with Gasteiger partial charge in [0.1, 0.15) is 5.82 Å². The van der Waals surface area contributed by atoms with Crippen LogP contribution in [0, 0.1) is 5.82 Å². The molecule has 0 amide bonds. The van der Waals surface area contributed by atoms with Crippen molar-refractivity contribution in [2.24, 2.45) is 5.73 Å². The van der Waals surface area contributed by atoms with Crippen LogP contribution in [0.4, 0.5) is 4.39 Å². The molecule has 0 heterocycles. The minimum Gasteiger partial charge on any atom is -0.478 e. The summed E-state index contributed by atoms with van der Waals surface area (Å²) in [4.78, 5) is 33.5. The van der Waals surface area contributed by atoms with Gasteiger partial charge in [-0.3, -0.25) is 9.59 Å². The largest absolute Gasteiger partial charge is 0.478 e. The van der Waals surface area contributed by atoms with E-state index in [-0.39, 0.29) is 30.6 Å². The minimum absolute atomic E-state index is 0.0381. The van der Waals surface area contributed by atoms with Crippen LogP contribution < -0.4 is 11.1 Å². The van der Waals surface area contributed by atoms with Crippen LogP contribution in [0.1, 0.15) is 22.3 Å². The van der Waals surface area contributed by atoms with Gasteiger partial charge in [-0.05, 0) is 18.2 Å². The zero-order chi connectivity index (χ0) is 16.7. The Morgan fingerprint density at radius 3 is 2.68 bits per heavy atom. The number of carboxylic acids is 1. The van der Waals surface area contributed by atoms with Crippen molar-refractivity contribution in [2.45, 2.75) is 19.0 Å². The first-order valence-corrected chi connectivity index (χ1v) is 6.42. The number of Topliss-reactive ketones (excluding diaryl/α,β-unsaturated/α-hetero) is 1. The second-order valence-electron chi connectivity index (χ2n) is 4.57. The van der Waals surface area contributed by atoms with Crippen LogP contribution in [-0.2, 0) is 20.9 Å². The number of carbonyl (C=O) groups is 3. The second-order valence-corrected chi connectivity index (χ2v) is 4.57. The highest BCUT2D eigenvalue weighted by Gasteiger charge is 2.17. The lowest BCUT2D eigenvalue weighted by Gasteiger charge is -2.10. The van der Waals surface area contributed by atoms with Crippen LogP contribution in [0.2, 0.25) is 0 Å². The maximum absolute atomic E-state index is 13.5. The fourth-order valence-corrected chi connectivity index (χ4v) is 1.67. The molecule has 0 aliphatic rings. The molecule has 0 spiro atoms. The molecule has 0 fully saturated rings. The van der Waals surface area contributed by atoms with E-state index in [1.54, 1.807) is 0 Å². The highest BCUT2D eigenvalue weighted by molar-refractivity contribution is 5.89. The van der Waals surface area contributed by atoms with Crippen molar-refractivity contribution in [2.75, 3.05) is 13.7 Å². The number of benzene rings is 1. The summed E-state index contributed by atoms with van der Waals surface area (Å²) >= 11 is 0. The van der Waals surface area contributed by atoms with E-state index in [1.807, 2.05) is 0 Å². The zero-order valence-electron chi connectivity index (χ0n) is 12.0. The summed E-state index contributed by atoms with van der Waals surface area (Å²) in [6.45, 7) is -0.210. The number of carboxylic acid groups (broad SMARTS) is 1. The molecular formula is C14H17FN2O5. The van der Waals surface area contributed by atoms with Gasteiger partial charge in [0.15, 0.2) is 5.78 Å². The highest BCUT2D eigenvalue weighted by Crippen LogP contribution is 2.10. The summed E-state index contributed by atoms with van der Waals surface area (Å²) in [7, 11) is 1.19. The Labute approximate surface area is 126 Å². The maximum atomic E-state index is 13.5. The standard InChI is InChI=1S/C14H17FN2O5/c1-22-13(19)5-11(16)12(18)7-17-6-9-4-8(14(20)21)2-3-10(9)15/h2-4,11,17H,5-7,16H2,1H3,(H,20,21). The third-order valence-corrected chi connectivity index (χ3v) is 2.94. The number of nitrogens with two attached hydrogens (primary N) is 1. The fourth-order valence-electron chi connectivity index (χ4n) is 1.67. The summed E-state index contributed by atoms with van der Waals surface area (Å²) in [6, 6.07) is 2.38. The third kappa shape index (κ3) is 5.23. The monoisotopic (exact) mass is 312 g/mol. The maximum Gasteiger partial charge on any atom is 0.335 e. The van der Waals surface area contributed by atoms with Crippen LogP contribution in [0.25, 0.3) is 0 Å². The van der Waals surface area contributed by atoms with E-state index >= 15 is 0 Å². The Balaban J connectivity index is 2.53. The van der Waals surface area contributed by atoms with Crippen LogP contribution in [0.3, 0.4) is 0 Å². The van der Waals surface area contributed by atoms with Gasteiger partial charge in [-0.1, -0.05) is 0 Å². The predicted octanol–water partition coefficient (Wildman–Crippen LogP) is 0.0730. The molecule has 0 saturated heterocycles. The van der Waals surface area contributed by atoms with Crippen LogP contribution >= 0.6 is 0 Å². The van der Waals surface area contributed by atoms with Crippen molar-refractivity contribution in [3.8, 4) is 0 Å². The SMILES string of the molecule is COC(=O)CC(N)C(=O)CNCc1cc(C(=O)O)ccc1F. The number of methoxy groups -OCH3 is 1. The van der Waals surface area contributed by atoms with Crippen molar-refractivity contribution >= 4 is 17.7 Å². The average Bonchev–Trinajstić information content (AvgIpc) is 2.48. The van der Waals surface area contributed by atoms with Crippen molar-refractivity contribution in [3.63, 3.8) is 0 Å². The second kappa shape index (κ2) is 8.20. The summed E-state index contributed by atoms with van der Waals surface area (Å²) in [5.74, 6) is -2.78. The topological polar surface area (TPSA) is 119 Å². The van der Waals surface area contributed by atoms with E-state index < -0.39 is 29.6 Å². The van der Waals surface area contributed by atoms with E-state index in [9.17, 15) is 18.8 Å². The fraction of sp³-hybridized carbons (Fsp3) is 0.357. The summed E-state index contributed by atoms with van der Waals surface area (Å²) in [5.41, 5.74) is 5.60. The van der Waals surface area contributed by atoms with Gasteiger partial charge in [-0.15, -0.1) is 0 Å². The predicted molar refractivity (Wildman–Crippen MR) is 74.7 cm³/mol. The average molecular weight is 312 g/mol. The molecule has 1 aromatic rings. The molecule has 0 aliphatic carbocycles. The Hall–Kier alpha value is -2.32. The van der Waals surface area contributed by atoms with E-state index in [0.29, 0.717) is 0 Å². The Kier molecular flexibility index (Phi) is 6.61. The Morgan fingerprint density at radius 2 is 2.09 bits per heavy atom. The van der Waals surface area contributed by atoms with Gasteiger partial charge in [0.25, 0.3) is 0 Å². The first-order valence-electron chi connectivity index (χ1n) is 6.42. The molecule has 0 saturated carbocycles. The normalized spacial score (nSPS) is 11.8. The molecule has 1 rings (SSSR count). The molecule has 0 aromatic heterocycles. The molecule has 4 N–H and O–H groups in total. The molecule has 1 atom stereocenters. The molecule has 0 radical (unpaired) electrons. The number of ether oxygens (including phenoxy) is 1. The number of hydrogen-bond donors (Lipinski definition) is 3. The van der Waals surface area contributed by atoms with Crippen LogP contribution in [0.5, 0.6) is 0 Å². The van der Waals surface area contributed by atoms with Gasteiger partial charge in [-0.2, -0.15) is 0 Å². The van der Waals surface area contributed by atoms with Crippen molar-refractivity contribution in [1.29, 1.82) is 0 Å². The van der Waals surface area contributed by atoms with Crippen molar-refractivity contribution in [1.82, 2.24) is 5.32 Å².